The minimum atomic E-state index is 0.651. The third kappa shape index (κ3) is 2.67. The first-order chi connectivity index (χ1) is 12.6. The molecule has 0 unspecified atom stereocenters. The summed E-state index contributed by atoms with van der Waals surface area (Å²) < 4.78 is 2.16. The van der Waals surface area contributed by atoms with Crippen molar-refractivity contribution in [2.24, 2.45) is 0 Å². The van der Waals surface area contributed by atoms with Gasteiger partial charge < -0.3 is 4.57 Å². The zero-order chi connectivity index (χ0) is 18.3. The molecule has 26 heavy (non-hydrogen) atoms. The van der Waals surface area contributed by atoms with Crippen LogP contribution in [-0.2, 0) is 0 Å². The molecule has 0 spiro atoms. The highest BCUT2D eigenvalue weighted by atomic mass is 35.5. The Hall–Kier alpha value is -3.02. The molecule has 126 valence electrons. The molecule has 0 aliphatic carbocycles. The summed E-state index contributed by atoms with van der Waals surface area (Å²) in [6.45, 7) is 11.6. The van der Waals surface area contributed by atoms with Crippen LogP contribution in [0.15, 0.2) is 66.9 Å². The van der Waals surface area contributed by atoms with E-state index in [1.807, 2.05) is 42.5 Å². The second kappa shape index (κ2) is 6.37. The van der Waals surface area contributed by atoms with Crippen LogP contribution in [0.1, 0.15) is 11.1 Å². The Morgan fingerprint density at radius 3 is 2.42 bits per heavy atom. The Balaban J connectivity index is 2.05. The average molecular weight is 357 g/mol. The van der Waals surface area contributed by atoms with E-state index in [2.05, 4.69) is 47.7 Å². The molecule has 2 nitrogen and oxygen atoms in total. The predicted octanol–water partition coefficient (Wildman–Crippen LogP) is 7.12. The Kier molecular flexibility index (Phi) is 4.03. The van der Waals surface area contributed by atoms with E-state index in [0.29, 0.717) is 5.69 Å². The van der Waals surface area contributed by atoms with Crippen LogP contribution in [0, 0.1) is 20.4 Å². The number of hydrogen-bond donors (Lipinski definition) is 0. The topological polar surface area (TPSA) is 9.29 Å². The van der Waals surface area contributed by atoms with Gasteiger partial charge in [-0.3, -0.25) is 0 Å². The average Bonchev–Trinajstić information content (AvgIpc) is 3.03. The first-order valence-electron chi connectivity index (χ1n) is 8.43. The van der Waals surface area contributed by atoms with Crippen LogP contribution in [0.5, 0.6) is 0 Å². The highest BCUT2D eigenvalue weighted by Crippen LogP contribution is 2.37. The van der Waals surface area contributed by atoms with Crippen molar-refractivity contribution in [1.29, 1.82) is 0 Å². The van der Waals surface area contributed by atoms with Gasteiger partial charge in [-0.05, 0) is 72.3 Å². The first-order valence-corrected chi connectivity index (χ1v) is 8.81. The highest BCUT2D eigenvalue weighted by molar-refractivity contribution is 6.30. The molecule has 0 amide bonds. The van der Waals surface area contributed by atoms with Gasteiger partial charge in [0.2, 0.25) is 0 Å². The number of nitrogens with zero attached hydrogens (tertiary/aromatic N) is 2. The first kappa shape index (κ1) is 16.4. The van der Waals surface area contributed by atoms with Gasteiger partial charge in [-0.1, -0.05) is 35.9 Å². The fourth-order valence-electron chi connectivity index (χ4n) is 3.36. The molecule has 0 fully saturated rings. The Morgan fingerprint density at radius 1 is 0.923 bits per heavy atom. The van der Waals surface area contributed by atoms with Crippen LogP contribution in [-0.4, -0.2) is 4.57 Å². The van der Waals surface area contributed by atoms with Crippen LogP contribution in [0.2, 0.25) is 5.02 Å². The van der Waals surface area contributed by atoms with Crippen molar-refractivity contribution in [1.82, 2.24) is 4.57 Å². The summed E-state index contributed by atoms with van der Waals surface area (Å²) in [7, 11) is 0. The Labute approximate surface area is 158 Å². The van der Waals surface area contributed by atoms with Gasteiger partial charge in [0.15, 0.2) is 5.69 Å². The fraction of sp³-hybridized carbons (Fsp3) is 0.0870. The SMILES string of the molecule is [C-]#[N+]c1ccc2c(c1)c(-c1cccc(C)c1C)cn2-c1ccc(Cl)cc1. The van der Waals surface area contributed by atoms with Gasteiger partial charge in [0, 0.05) is 22.5 Å². The van der Waals surface area contributed by atoms with E-state index < -0.39 is 0 Å². The van der Waals surface area contributed by atoms with Crippen LogP contribution < -0.4 is 0 Å². The molecular weight excluding hydrogens is 340 g/mol. The lowest BCUT2D eigenvalue weighted by molar-refractivity contribution is 1.13. The van der Waals surface area contributed by atoms with Crippen molar-refractivity contribution < 1.29 is 0 Å². The molecule has 0 bridgehead atoms. The molecule has 4 aromatic rings. The van der Waals surface area contributed by atoms with E-state index in [1.54, 1.807) is 0 Å². The Bertz CT molecular complexity index is 1160. The van der Waals surface area contributed by atoms with Crippen molar-refractivity contribution in [2.75, 3.05) is 0 Å². The second-order valence-electron chi connectivity index (χ2n) is 6.45. The van der Waals surface area contributed by atoms with Crippen molar-refractivity contribution >= 4 is 28.2 Å². The van der Waals surface area contributed by atoms with Gasteiger partial charge in [0.1, 0.15) is 0 Å². The van der Waals surface area contributed by atoms with Gasteiger partial charge in [-0.25, -0.2) is 4.85 Å². The predicted molar refractivity (Wildman–Crippen MR) is 109 cm³/mol. The van der Waals surface area contributed by atoms with E-state index in [-0.39, 0.29) is 0 Å². The van der Waals surface area contributed by atoms with Crippen LogP contribution in [0.3, 0.4) is 0 Å². The maximum atomic E-state index is 7.37. The highest BCUT2D eigenvalue weighted by Gasteiger charge is 2.14. The van der Waals surface area contributed by atoms with E-state index in [1.165, 1.54) is 16.7 Å². The summed E-state index contributed by atoms with van der Waals surface area (Å²) in [4.78, 5) is 3.61. The molecule has 0 aliphatic heterocycles. The molecule has 0 saturated carbocycles. The van der Waals surface area contributed by atoms with Crippen molar-refractivity contribution in [3.05, 3.63) is 94.4 Å². The molecule has 0 radical (unpaired) electrons. The lowest BCUT2D eigenvalue weighted by Crippen LogP contribution is -1.91. The molecule has 0 N–H and O–H groups in total. The standard InChI is InChI=1S/C23H17ClN2/c1-15-5-4-6-20(16(15)2)22-14-26(19-10-7-17(24)8-11-19)23-12-9-18(25-3)13-21(22)23/h4-14H,1-2H3. The van der Waals surface area contributed by atoms with E-state index >= 15 is 0 Å². The molecule has 3 aromatic carbocycles. The number of hydrogen-bond acceptors (Lipinski definition) is 0. The quantitative estimate of drug-likeness (QED) is 0.338. The summed E-state index contributed by atoms with van der Waals surface area (Å²) in [6.07, 6.45) is 2.16. The number of aryl methyl sites for hydroxylation is 1. The molecule has 1 heterocycles. The third-order valence-corrected chi connectivity index (χ3v) is 5.17. The lowest BCUT2D eigenvalue weighted by atomic mass is 9.97. The maximum absolute atomic E-state index is 7.37. The van der Waals surface area contributed by atoms with Crippen molar-refractivity contribution in [3.63, 3.8) is 0 Å². The molecule has 4 rings (SSSR count). The fourth-order valence-corrected chi connectivity index (χ4v) is 3.49. The van der Waals surface area contributed by atoms with Gasteiger partial charge >= 0.3 is 0 Å². The number of benzene rings is 3. The van der Waals surface area contributed by atoms with Gasteiger partial charge in [0.05, 0.1) is 12.1 Å². The number of fused-ring (bicyclic) bond motifs is 1. The van der Waals surface area contributed by atoms with Crippen LogP contribution in [0.25, 0.3) is 32.6 Å². The minimum absolute atomic E-state index is 0.651. The van der Waals surface area contributed by atoms with Crippen molar-refractivity contribution in [2.45, 2.75) is 13.8 Å². The number of halogens is 1. The normalized spacial score (nSPS) is 10.8. The zero-order valence-corrected chi connectivity index (χ0v) is 15.4. The zero-order valence-electron chi connectivity index (χ0n) is 14.6. The molecule has 0 atom stereocenters. The van der Waals surface area contributed by atoms with Crippen molar-refractivity contribution in [3.8, 4) is 16.8 Å². The lowest BCUT2D eigenvalue weighted by Gasteiger charge is -2.07. The molecular formula is C23H17ClN2. The molecule has 0 aliphatic rings. The van der Waals surface area contributed by atoms with E-state index in [9.17, 15) is 0 Å². The molecule has 1 aromatic heterocycles. The monoisotopic (exact) mass is 356 g/mol. The van der Waals surface area contributed by atoms with E-state index in [4.69, 9.17) is 18.2 Å². The summed E-state index contributed by atoms with van der Waals surface area (Å²) in [5.74, 6) is 0. The summed E-state index contributed by atoms with van der Waals surface area (Å²) >= 11 is 6.05. The summed E-state index contributed by atoms with van der Waals surface area (Å²) in [6, 6.07) is 20.0. The molecule has 3 heteroatoms. The second-order valence-corrected chi connectivity index (χ2v) is 6.89. The smallest absolute Gasteiger partial charge is 0.188 e. The molecule has 0 saturated heterocycles. The van der Waals surface area contributed by atoms with Crippen LogP contribution in [0.4, 0.5) is 5.69 Å². The number of aromatic nitrogens is 1. The van der Waals surface area contributed by atoms with Crippen LogP contribution >= 0.6 is 11.6 Å². The summed E-state index contributed by atoms with van der Waals surface area (Å²) in [5, 5.41) is 1.80. The summed E-state index contributed by atoms with van der Waals surface area (Å²) in [5.41, 5.74) is 7.64. The third-order valence-electron chi connectivity index (χ3n) is 4.92. The maximum Gasteiger partial charge on any atom is 0.188 e. The largest absolute Gasteiger partial charge is 0.316 e. The van der Waals surface area contributed by atoms with Gasteiger partial charge in [-0.2, -0.15) is 0 Å². The van der Waals surface area contributed by atoms with Gasteiger partial charge in [-0.15, -0.1) is 0 Å². The van der Waals surface area contributed by atoms with Gasteiger partial charge in [0.25, 0.3) is 0 Å². The van der Waals surface area contributed by atoms with E-state index in [0.717, 1.165) is 27.2 Å². The minimum Gasteiger partial charge on any atom is -0.316 e. The Morgan fingerprint density at radius 2 is 1.69 bits per heavy atom. The number of rotatable bonds is 2.